The van der Waals surface area contributed by atoms with Gasteiger partial charge >= 0.3 is 6.09 Å². The van der Waals surface area contributed by atoms with Crippen molar-refractivity contribution in [1.82, 2.24) is 5.32 Å². The smallest absolute Gasteiger partial charge is 0.405 e. The maximum absolute atomic E-state index is 10.1. The number of thiocarbonyl (C=S) groups is 1. The fourth-order valence-corrected chi connectivity index (χ4v) is 0.632. The van der Waals surface area contributed by atoms with Crippen LogP contribution < -0.4 is 11.1 Å². The summed E-state index contributed by atoms with van der Waals surface area (Å²) in [6, 6.07) is -0.618. The molecule has 1 atom stereocenters. The Kier molecular flexibility index (Phi) is 4.00. The van der Waals surface area contributed by atoms with Crippen LogP contribution in [0, 0.1) is 12.3 Å². The van der Waals surface area contributed by atoms with Crippen molar-refractivity contribution in [2.75, 3.05) is 0 Å². The van der Waals surface area contributed by atoms with E-state index in [0.717, 1.165) is 0 Å². The molecule has 0 fully saturated rings. The topological polar surface area (TPSA) is 75.3 Å². The summed E-state index contributed by atoms with van der Waals surface area (Å²) in [6.07, 6.45) is 3.94. The summed E-state index contributed by atoms with van der Waals surface area (Å²) in [5, 5.41) is 10.4. The van der Waals surface area contributed by atoms with Crippen LogP contribution in [0.2, 0.25) is 0 Å². The Morgan fingerprint density at radius 3 is 2.73 bits per heavy atom. The van der Waals surface area contributed by atoms with Crippen molar-refractivity contribution in [3.8, 4) is 12.3 Å². The maximum Gasteiger partial charge on any atom is 0.405 e. The van der Waals surface area contributed by atoms with Crippen LogP contribution in [-0.4, -0.2) is 22.2 Å². The van der Waals surface area contributed by atoms with E-state index in [1.165, 1.54) is 0 Å². The minimum atomic E-state index is -1.18. The van der Waals surface area contributed by atoms with Gasteiger partial charge in [-0.3, -0.25) is 0 Å². The Morgan fingerprint density at radius 2 is 2.45 bits per heavy atom. The van der Waals surface area contributed by atoms with Crippen LogP contribution in [0.1, 0.15) is 6.42 Å². The van der Waals surface area contributed by atoms with Gasteiger partial charge in [-0.05, 0) is 0 Å². The zero-order valence-electron chi connectivity index (χ0n) is 5.70. The van der Waals surface area contributed by atoms with Crippen LogP contribution in [0.3, 0.4) is 0 Å². The molecular formula is C6H8N2O2S. The van der Waals surface area contributed by atoms with Gasteiger partial charge in [-0.25, -0.2) is 4.79 Å². The highest BCUT2D eigenvalue weighted by molar-refractivity contribution is 7.80. The summed E-state index contributed by atoms with van der Waals surface area (Å²) in [4.78, 5) is 10.2. The lowest BCUT2D eigenvalue weighted by atomic mass is 10.2. The summed E-state index contributed by atoms with van der Waals surface area (Å²) >= 11 is 4.56. The zero-order chi connectivity index (χ0) is 8.85. The fourth-order valence-electron chi connectivity index (χ4n) is 0.490. The van der Waals surface area contributed by atoms with Crippen molar-refractivity contribution in [2.45, 2.75) is 12.5 Å². The lowest BCUT2D eigenvalue weighted by Crippen LogP contribution is -2.42. The van der Waals surface area contributed by atoms with Gasteiger partial charge in [0.1, 0.15) is 0 Å². The number of carboxylic acid groups (broad SMARTS) is 1. The van der Waals surface area contributed by atoms with Gasteiger partial charge in [-0.1, -0.05) is 12.2 Å². The minimum Gasteiger partial charge on any atom is -0.465 e. The molecule has 5 heteroatoms. The van der Waals surface area contributed by atoms with Crippen molar-refractivity contribution >= 4 is 23.3 Å². The van der Waals surface area contributed by atoms with Gasteiger partial charge in [-0.15, -0.1) is 12.3 Å². The van der Waals surface area contributed by atoms with E-state index >= 15 is 0 Å². The van der Waals surface area contributed by atoms with Crippen molar-refractivity contribution in [3.05, 3.63) is 0 Å². The van der Waals surface area contributed by atoms with Crippen LogP contribution in [0.15, 0.2) is 0 Å². The number of rotatable bonds is 3. The molecule has 0 aliphatic rings. The van der Waals surface area contributed by atoms with Gasteiger partial charge < -0.3 is 16.2 Å². The Balaban J connectivity index is 4.02. The lowest BCUT2D eigenvalue weighted by Gasteiger charge is -2.10. The number of hydrogen-bond donors (Lipinski definition) is 3. The molecule has 0 spiro atoms. The van der Waals surface area contributed by atoms with Crippen LogP contribution in [0.5, 0.6) is 0 Å². The molecule has 1 amide bonds. The Hall–Kier alpha value is -1.28. The first-order valence-electron chi connectivity index (χ1n) is 2.80. The first-order valence-corrected chi connectivity index (χ1v) is 3.21. The standard InChI is InChI=1S/C6H8N2O2S/c1-2-3-4(5(7)11)8-6(9)10/h1,4,8H,3H2,(H2,7,11)(H,9,10). The molecule has 0 saturated heterocycles. The molecule has 60 valence electrons. The van der Waals surface area contributed by atoms with E-state index in [0.29, 0.717) is 0 Å². The molecular weight excluding hydrogens is 164 g/mol. The monoisotopic (exact) mass is 172 g/mol. The third-order valence-corrected chi connectivity index (χ3v) is 1.25. The zero-order valence-corrected chi connectivity index (χ0v) is 6.52. The Morgan fingerprint density at radius 1 is 1.91 bits per heavy atom. The van der Waals surface area contributed by atoms with Crippen LogP contribution in [0.4, 0.5) is 4.79 Å². The number of carbonyl (C=O) groups is 1. The van der Waals surface area contributed by atoms with Crippen molar-refractivity contribution < 1.29 is 9.90 Å². The molecule has 0 heterocycles. The van der Waals surface area contributed by atoms with E-state index in [9.17, 15) is 4.79 Å². The second kappa shape index (κ2) is 4.52. The second-order valence-corrected chi connectivity index (χ2v) is 2.28. The summed E-state index contributed by atoms with van der Waals surface area (Å²) in [5.74, 6) is 2.26. The van der Waals surface area contributed by atoms with E-state index in [1.54, 1.807) is 0 Å². The van der Waals surface area contributed by atoms with Gasteiger partial charge in [0.05, 0.1) is 11.0 Å². The third kappa shape index (κ3) is 4.17. The normalized spacial score (nSPS) is 11.2. The molecule has 0 radical (unpaired) electrons. The number of terminal acetylenes is 1. The molecule has 0 saturated carbocycles. The van der Waals surface area contributed by atoms with Gasteiger partial charge in [-0.2, -0.15) is 0 Å². The molecule has 0 aromatic carbocycles. The van der Waals surface area contributed by atoms with E-state index < -0.39 is 12.1 Å². The maximum atomic E-state index is 10.1. The quantitative estimate of drug-likeness (QED) is 0.411. The summed E-state index contributed by atoms with van der Waals surface area (Å²) in [7, 11) is 0. The molecule has 0 aliphatic heterocycles. The molecule has 0 aliphatic carbocycles. The number of nitrogens with one attached hydrogen (secondary N) is 1. The van der Waals surface area contributed by atoms with E-state index in [-0.39, 0.29) is 11.4 Å². The predicted molar refractivity (Wildman–Crippen MR) is 45.2 cm³/mol. The Labute approximate surface area is 69.8 Å². The summed E-state index contributed by atoms with van der Waals surface area (Å²) in [6.45, 7) is 0. The molecule has 0 bridgehead atoms. The predicted octanol–water partition coefficient (Wildman–Crippen LogP) is -0.0680. The molecule has 0 aromatic rings. The number of amides is 1. The Bertz CT molecular complexity index is 209. The highest BCUT2D eigenvalue weighted by Crippen LogP contribution is 1.90. The van der Waals surface area contributed by atoms with E-state index in [4.69, 9.17) is 17.3 Å². The lowest BCUT2D eigenvalue weighted by molar-refractivity contribution is 0.193. The average Bonchev–Trinajstić information content (AvgIpc) is 1.86. The summed E-state index contributed by atoms with van der Waals surface area (Å²) < 4.78 is 0. The molecule has 0 aromatic heterocycles. The van der Waals surface area contributed by atoms with Crippen LogP contribution >= 0.6 is 12.2 Å². The van der Waals surface area contributed by atoms with Crippen LogP contribution in [-0.2, 0) is 0 Å². The minimum absolute atomic E-state index is 0.0605. The van der Waals surface area contributed by atoms with E-state index in [2.05, 4.69) is 23.5 Å². The van der Waals surface area contributed by atoms with Gasteiger partial charge in [0, 0.05) is 6.42 Å². The highest BCUT2D eigenvalue weighted by Gasteiger charge is 2.11. The summed E-state index contributed by atoms with van der Waals surface area (Å²) in [5.41, 5.74) is 5.18. The molecule has 4 nitrogen and oxygen atoms in total. The van der Waals surface area contributed by atoms with Gasteiger partial charge in [0.2, 0.25) is 0 Å². The fraction of sp³-hybridized carbons (Fsp3) is 0.333. The second-order valence-electron chi connectivity index (χ2n) is 1.81. The highest BCUT2D eigenvalue weighted by atomic mass is 32.1. The average molecular weight is 172 g/mol. The van der Waals surface area contributed by atoms with Gasteiger partial charge in [0.25, 0.3) is 0 Å². The van der Waals surface area contributed by atoms with E-state index in [1.807, 2.05) is 0 Å². The first-order chi connectivity index (χ1) is 5.07. The number of nitrogens with two attached hydrogens (primary N) is 1. The molecule has 11 heavy (non-hydrogen) atoms. The van der Waals surface area contributed by atoms with Crippen LogP contribution in [0.25, 0.3) is 0 Å². The van der Waals surface area contributed by atoms with Gasteiger partial charge in [0.15, 0.2) is 0 Å². The SMILES string of the molecule is C#CCC(NC(=O)O)C(N)=S. The molecule has 0 rings (SSSR count). The van der Waals surface area contributed by atoms with Crippen molar-refractivity contribution in [2.24, 2.45) is 5.73 Å². The largest absolute Gasteiger partial charge is 0.465 e. The molecule has 4 N–H and O–H groups in total. The first kappa shape index (κ1) is 9.72. The number of hydrogen-bond acceptors (Lipinski definition) is 2. The van der Waals surface area contributed by atoms with Crippen molar-refractivity contribution in [1.29, 1.82) is 0 Å². The third-order valence-electron chi connectivity index (χ3n) is 0.963. The van der Waals surface area contributed by atoms with Crippen molar-refractivity contribution in [3.63, 3.8) is 0 Å². The molecule has 1 unspecified atom stereocenters.